The lowest BCUT2D eigenvalue weighted by Crippen LogP contribution is -2.10. The Hall–Kier alpha value is -2.51. The first-order valence-corrected chi connectivity index (χ1v) is 8.86. The summed E-state index contributed by atoms with van der Waals surface area (Å²) in [5.74, 6) is 2.58. The van der Waals surface area contributed by atoms with Crippen molar-refractivity contribution >= 4 is 20.7 Å². The first-order chi connectivity index (χ1) is 11.0. The summed E-state index contributed by atoms with van der Waals surface area (Å²) in [6, 6.07) is 16.3. The highest BCUT2D eigenvalue weighted by atomic mass is 32.2. The summed E-state index contributed by atoms with van der Waals surface area (Å²) in [4.78, 5) is 0.299. The molecule has 4 heteroatoms. The molecule has 0 aliphatic heterocycles. The topological polar surface area (TPSA) is 39.1 Å². The Balaban J connectivity index is 2.22. The molecule has 0 saturated carbocycles. The van der Waals surface area contributed by atoms with Crippen molar-refractivity contribution in [1.82, 2.24) is 4.57 Å². The van der Waals surface area contributed by atoms with Crippen LogP contribution >= 0.6 is 0 Å². The second kappa shape index (κ2) is 5.94. The number of aryl methyl sites for hydroxylation is 2. The fraction of sp³-hybridized carbons (Fsp3) is 0.158. The molecular weight excluding hydrogens is 306 g/mol. The number of fused-ring (bicyclic) bond motifs is 1. The molecule has 0 amide bonds. The van der Waals surface area contributed by atoms with Crippen molar-refractivity contribution in [2.45, 2.75) is 29.8 Å². The van der Waals surface area contributed by atoms with Crippen LogP contribution in [0.1, 0.15) is 12.0 Å². The number of sulfone groups is 1. The number of para-hydroxylation sites is 1. The van der Waals surface area contributed by atoms with E-state index in [0.29, 0.717) is 17.9 Å². The number of rotatable bonds is 4. The molecule has 3 nitrogen and oxygen atoms in total. The Labute approximate surface area is 136 Å². The van der Waals surface area contributed by atoms with Gasteiger partial charge in [-0.15, -0.1) is 12.3 Å². The molecule has 1 aromatic heterocycles. The molecule has 3 aromatic rings. The molecule has 0 atom stereocenters. The fourth-order valence-electron chi connectivity index (χ4n) is 2.65. The minimum Gasteiger partial charge on any atom is -0.330 e. The van der Waals surface area contributed by atoms with Crippen molar-refractivity contribution < 1.29 is 8.42 Å². The SMILES string of the molecule is C#CCCn1c(S(=O)(=O)c2ccc(C)cc2)cc2ccccc21. The number of terminal acetylenes is 1. The van der Waals surface area contributed by atoms with Crippen LogP contribution in [0.4, 0.5) is 0 Å². The van der Waals surface area contributed by atoms with Crippen LogP contribution in [0.3, 0.4) is 0 Å². The summed E-state index contributed by atoms with van der Waals surface area (Å²) in [6.45, 7) is 2.41. The predicted octanol–water partition coefficient (Wildman–Crippen LogP) is 3.81. The van der Waals surface area contributed by atoms with Crippen LogP contribution in [-0.2, 0) is 16.4 Å². The van der Waals surface area contributed by atoms with Crippen molar-refractivity contribution in [2.75, 3.05) is 0 Å². The van der Waals surface area contributed by atoms with E-state index in [2.05, 4.69) is 5.92 Å². The van der Waals surface area contributed by atoms with Gasteiger partial charge >= 0.3 is 0 Å². The Morgan fingerprint density at radius 1 is 1.09 bits per heavy atom. The summed E-state index contributed by atoms with van der Waals surface area (Å²) in [5.41, 5.74) is 1.91. The number of benzene rings is 2. The molecule has 0 fully saturated rings. The molecule has 23 heavy (non-hydrogen) atoms. The zero-order valence-electron chi connectivity index (χ0n) is 12.9. The van der Waals surface area contributed by atoms with Gasteiger partial charge in [-0.2, -0.15) is 0 Å². The normalized spacial score (nSPS) is 11.5. The average Bonchev–Trinajstić information content (AvgIpc) is 2.93. The molecule has 116 valence electrons. The Kier molecular flexibility index (Phi) is 3.97. The number of hydrogen-bond donors (Lipinski definition) is 0. The van der Waals surface area contributed by atoms with E-state index >= 15 is 0 Å². The molecule has 2 aromatic carbocycles. The van der Waals surface area contributed by atoms with E-state index < -0.39 is 9.84 Å². The Morgan fingerprint density at radius 2 is 1.78 bits per heavy atom. The lowest BCUT2D eigenvalue weighted by atomic mass is 10.2. The third-order valence-corrected chi connectivity index (χ3v) is 5.64. The van der Waals surface area contributed by atoms with E-state index in [9.17, 15) is 8.42 Å². The Bertz CT molecular complexity index is 990. The average molecular weight is 323 g/mol. The molecule has 0 N–H and O–H groups in total. The second-order valence-electron chi connectivity index (χ2n) is 5.46. The standard InChI is InChI=1S/C19H17NO2S/c1-3-4-13-20-18-8-6-5-7-16(18)14-19(20)23(21,22)17-11-9-15(2)10-12-17/h1,5-12,14H,4,13H2,2H3. The quantitative estimate of drug-likeness (QED) is 0.685. The highest BCUT2D eigenvalue weighted by molar-refractivity contribution is 7.91. The zero-order chi connectivity index (χ0) is 16.4. The molecule has 0 aliphatic rings. The van der Waals surface area contributed by atoms with Gasteiger partial charge in [0.1, 0.15) is 5.03 Å². The lowest BCUT2D eigenvalue weighted by molar-refractivity contribution is 0.577. The van der Waals surface area contributed by atoms with Gasteiger partial charge < -0.3 is 4.57 Å². The van der Waals surface area contributed by atoms with E-state index in [4.69, 9.17) is 6.42 Å². The van der Waals surface area contributed by atoms with Gasteiger partial charge in [-0.05, 0) is 31.2 Å². The molecule has 0 bridgehead atoms. The third kappa shape index (κ3) is 2.76. The van der Waals surface area contributed by atoms with Gasteiger partial charge in [0.2, 0.25) is 9.84 Å². The van der Waals surface area contributed by atoms with Gasteiger partial charge in [-0.3, -0.25) is 0 Å². The predicted molar refractivity (Wildman–Crippen MR) is 92.0 cm³/mol. The van der Waals surface area contributed by atoms with Crippen LogP contribution in [0.15, 0.2) is 64.5 Å². The van der Waals surface area contributed by atoms with E-state index in [1.807, 2.05) is 31.2 Å². The first-order valence-electron chi connectivity index (χ1n) is 7.37. The summed E-state index contributed by atoms with van der Waals surface area (Å²) in [7, 11) is -3.58. The molecule has 0 saturated heterocycles. The van der Waals surface area contributed by atoms with Crippen molar-refractivity contribution in [1.29, 1.82) is 0 Å². The highest BCUT2D eigenvalue weighted by Crippen LogP contribution is 2.28. The van der Waals surface area contributed by atoms with Gasteiger partial charge in [-0.1, -0.05) is 35.9 Å². The van der Waals surface area contributed by atoms with Gasteiger partial charge in [0, 0.05) is 23.9 Å². The molecule has 3 rings (SSSR count). The Morgan fingerprint density at radius 3 is 2.48 bits per heavy atom. The van der Waals surface area contributed by atoms with Gasteiger partial charge in [0.15, 0.2) is 0 Å². The van der Waals surface area contributed by atoms with Crippen LogP contribution in [0.25, 0.3) is 10.9 Å². The zero-order valence-corrected chi connectivity index (χ0v) is 13.7. The maximum absolute atomic E-state index is 13.0. The smallest absolute Gasteiger partial charge is 0.222 e. The highest BCUT2D eigenvalue weighted by Gasteiger charge is 2.23. The molecule has 0 aliphatic carbocycles. The summed E-state index contributed by atoms with van der Waals surface area (Å²) >= 11 is 0. The van der Waals surface area contributed by atoms with Crippen molar-refractivity contribution in [3.63, 3.8) is 0 Å². The molecule has 0 unspecified atom stereocenters. The minimum absolute atomic E-state index is 0.290. The largest absolute Gasteiger partial charge is 0.330 e. The third-order valence-electron chi connectivity index (χ3n) is 3.86. The summed E-state index contributed by atoms with van der Waals surface area (Å²) in [6.07, 6.45) is 5.84. The van der Waals surface area contributed by atoms with E-state index in [-0.39, 0.29) is 5.03 Å². The fourth-order valence-corrected chi connectivity index (χ4v) is 4.15. The minimum atomic E-state index is -3.58. The van der Waals surface area contributed by atoms with Gasteiger partial charge in [-0.25, -0.2) is 8.42 Å². The molecule has 0 radical (unpaired) electrons. The number of aromatic nitrogens is 1. The summed E-state index contributed by atoms with van der Waals surface area (Å²) in [5, 5.41) is 1.19. The van der Waals surface area contributed by atoms with E-state index in [1.165, 1.54) is 0 Å². The molecular formula is C19H17NO2S. The van der Waals surface area contributed by atoms with Crippen molar-refractivity contribution in [3.05, 3.63) is 60.2 Å². The number of nitrogens with zero attached hydrogens (tertiary/aromatic N) is 1. The maximum Gasteiger partial charge on any atom is 0.222 e. The molecule has 1 heterocycles. The van der Waals surface area contributed by atoms with Crippen LogP contribution in [0.2, 0.25) is 0 Å². The first kappa shape index (κ1) is 15.4. The van der Waals surface area contributed by atoms with Crippen LogP contribution in [-0.4, -0.2) is 13.0 Å². The van der Waals surface area contributed by atoms with Crippen molar-refractivity contribution in [3.8, 4) is 12.3 Å². The molecule has 0 spiro atoms. The monoisotopic (exact) mass is 323 g/mol. The summed E-state index contributed by atoms with van der Waals surface area (Å²) < 4.78 is 27.8. The maximum atomic E-state index is 13.0. The van der Waals surface area contributed by atoms with Crippen LogP contribution in [0, 0.1) is 19.3 Å². The number of hydrogen-bond acceptors (Lipinski definition) is 2. The van der Waals surface area contributed by atoms with Crippen molar-refractivity contribution in [2.24, 2.45) is 0 Å². The second-order valence-corrected chi connectivity index (χ2v) is 7.36. The van der Waals surface area contributed by atoms with Gasteiger partial charge in [0.05, 0.1) is 4.90 Å². The van der Waals surface area contributed by atoms with E-state index in [1.54, 1.807) is 34.9 Å². The lowest BCUT2D eigenvalue weighted by Gasteiger charge is -2.10. The van der Waals surface area contributed by atoms with Crippen LogP contribution in [0.5, 0.6) is 0 Å². The van der Waals surface area contributed by atoms with Crippen LogP contribution < -0.4 is 0 Å². The van der Waals surface area contributed by atoms with Gasteiger partial charge in [0.25, 0.3) is 0 Å². The van der Waals surface area contributed by atoms with E-state index in [0.717, 1.165) is 16.5 Å².